The fourth-order valence-corrected chi connectivity index (χ4v) is 3.10. The SMILES string of the molecule is CNCCCN(C)C1CN2CCC1CC2. The monoisotopic (exact) mass is 211 g/mol. The normalized spacial score (nSPS) is 35.0. The van der Waals surface area contributed by atoms with Crippen LogP contribution in [0.15, 0.2) is 0 Å². The minimum absolute atomic E-state index is 0.837. The molecular weight excluding hydrogens is 186 g/mol. The molecule has 0 saturated carbocycles. The van der Waals surface area contributed by atoms with Crippen LogP contribution in [-0.2, 0) is 0 Å². The largest absolute Gasteiger partial charge is 0.320 e. The highest BCUT2D eigenvalue weighted by molar-refractivity contribution is 4.91. The Kier molecular flexibility index (Phi) is 4.00. The fraction of sp³-hybridized carbons (Fsp3) is 1.00. The Morgan fingerprint density at radius 2 is 2.07 bits per heavy atom. The van der Waals surface area contributed by atoms with Crippen molar-refractivity contribution in [2.24, 2.45) is 5.92 Å². The molecule has 15 heavy (non-hydrogen) atoms. The summed E-state index contributed by atoms with van der Waals surface area (Å²) in [6.07, 6.45) is 4.14. The van der Waals surface area contributed by atoms with Crippen LogP contribution in [0.25, 0.3) is 0 Å². The number of piperidine rings is 3. The lowest BCUT2D eigenvalue weighted by Gasteiger charge is -2.48. The second kappa shape index (κ2) is 5.28. The molecule has 0 amide bonds. The maximum absolute atomic E-state index is 3.22. The molecule has 2 bridgehead atoms. The van der Waals surface area contributed by atoms with E-state index in [0.29, 0.717) is 0 Å². The van der Waals surface area contributed by atoms with E-state index in [1.165, 1.54) is 45.4 Å². The quantitative estimate of drug-likeness (QED) is 0.673. The lowest BCUT2D eigenvalue weighted by atomic mass is 9.83. The molecule has 0 aliphatic carbocycles. The van der Waals surface area contributed by atoms with Crippen LogP contribution in [0.5, 0.6) is 0 Å². The van der Waals surface area contributed by atoms with Gasteiger partial charge in [0.05, 0.1) is 0 Å². The number of nitrogens with zero attached hydrogens (tertiary/aromatic N) is 2. The first-order valence-corrected chi connectivity index (χ1v) is 6.38. The summed E-state index contributed by atoms with van der Waals surface area (Å²) in [4.78, 5) is 5.23. The predicted molar refractivity (Wildman–Crippen MR) is 64.1 cm³/mol. The smallest absolute Gasteiger partial charge is 0.0249 e. The van der Waals surface area contributed by atoms with Gasteiger partial charge in [0.2, 0.25) is 0 Å². The molecule has 0 aromatic heterocycles. The first kappa shape index (κ1) is 11.4. The van der Waals surface area contributed by atoms with Crippen LogP contribution in [0.1, 0.15) is 19.3 Å². The van der Waals surface area contributed by atoms with Crippen LogP contribution in [0.4, 0.5) is 0 Å². The van der Waals surface area contributed by atoms with Crippen molar-refractivity contribution in [3.63, 3.8) is 0 Å². The molecule has 0 radical (unpaired) electrons. The average Bonchev–Trinajstić information content (AvgIpc) is 2.30. The summed E-state index contributed by atoms with van der Waals surface area (Å²) in [6, 6.07) is 0.837. The van der Waals surface area contributed by atoms with Crippen molar-refractivity contribution in [1.29, 1.82) is 0 Å². The molecule has 3 fully saturated rings. The third kappa shape index (κ3) is 2.71. The Hall–Kier alpha value is -0.120. The van der Waals surface area contributed by atoms with Gasteiger partial charge in [0.25, 0.3) is 0 Å². The Morgan fingerprint density at radius 3 is 2.60 bits per heavy atom. The minimum atomic E-state index is 0.837. The van der Waals surface area contributed by atoms with Crippen molar-refractivity contribution in [2.75, 3.05) is 46.8 Å². The van der Waals surface area contributed by atoms with Gasteiger partial charge in [0, 0.05) is 12.6 Å². The summed E-state index contributed by atoms with van der Waals surface area (Å²) < 4.78 is 0. The first-order chi connectivity index (χ1) is 7.31. The number of nitrogens with one attached hydrogen (secondary N) is 1. The third-order valence-corrected chi connectivity index (χ3v) is 4.13. The molecule has 0 spiro atoms. The van der Waals surface area contributed by atoms with Crippen molar-refractivity contribution in [1.82, 2.24) is 15.1 Å². The molecule has 1 N–H and O–H groups in total. The predicted octanol–water partition coefficient (Wildman–Crippen LogP) is 0.622. The highest BCUT2D eigenvalue weighted by atomic mass is 15.2. The van der Waals surface area contributed by atoms with Crippen molar-refractivity contribution in [3.05, 3.63) is 0 Å². The Bertz CT molecular complexity index is 187. The molecule has 88 valence electrons. The van der Waals surface area contributed by atoms with Crippen LogP contribution >= 0.6 is 0 Å². The van der Waals surface area contributed by atoms with Crippen LogP contribution in [0.3, 0.4) is 0 Å². The van der Waals surface area contributed by atoms with Gasteiger partial charge in [-0.15, -0.1) is 0 Å². The molecule has 3 saturated heterocycles. The summed E-state index contributed by atoms with van der Waals surface area (Å²) in [5, 5.41) is 3.22. The van der Waals surface area contributed by atoms with Gasteiger partial charge < -0.3 is 15.1 Å². The van der Waals surface area contributed by atoms with Crippen LogP contribution < -0.4 is 5.32 Å². The van der Waals surface area contributed by atoms with Gasteiger partial charge in [-0.3, -0.25) is 0 Å². The van der Waals surface area contributed by atoms with Gasteiger partial charge in [-0.2, -0.15) is 0 Å². The molecule has 0 aromatic rings. The fourth-order valence-electron chi connectivity index (χ4n) is 3.10. The lowest BCUT2D eigenvalue weighted by molar-refractivity contribution is 0.0165. The average molecular weight is 211 g/mol. The zero-order valence-corrected chi connectivity index (χ0v) is 10.2. The Balaban J connectivity index is 1.77. The van der Waals surface area contributed by atoms with E-state index in [0.717, 1.165) is 18.5 Å². The van der Waals surface area contributed by atoms with E-state index in [4.69, 9.17) is 0 Å². The van der Waals surface area contributed by atoms with E-state index in [1.54, 1.807) is 0 Å². The highest BCUT2D eigenvalue weighted by Gasteiger charge is 2.35. The van der Waals surface area contributed by atoms with Gasteiger partial charge >= 0.3 is 0 Å². The molecule has 3 aliphatic rings. The molecular formula is C12H25N3. The van der Waals surface area contributed by atoms with Gasteiger partial charge in [0.15, 0.2) is 0 Å². The van der Waals surface area contributed by atoms with Gasteiger partial charge in [-0.1, -0.05) is 0 Å². The van der Waals surface area contributed by atoms with Gasteiger partial charge in [-0.25, -0.2) is 0 Å². The molecule has 1 atom stereocenters. The number of rotatable bonds is 5. The number of hydrogen-bond acceptors (Lipinski definition) is 3. The maximum atomic E-state index is 3.22. The van der Waals surface area contributed by atoms with E-state index in [-0.39, 0.29) is 0 Å². The number of fused-ring (bicyclic) bond motifs is 3. The number of likely N-dealkylation sites (N-methyl/N-ethyl adjacent to an activating group) is 1. The van der Waals surface area contributed by atoms with Crippen LogP contribution in [-0.4, -0.2) is 62.7 Å². The topological polar surface area (TPSA) is 18.5 Å². The second-order valence-electron chi connectivity index (χ2n) is 5.14. The molecule has 3 nitrogen and oxygen atoms in total. The number of hydrogen-bond donors (Lipinski definition) is 1. The summed E-state index contributed by atoms with van der Waals surface area (Å²) in [6.45, 7) is 6.42. The van der Waals surface area contributed by atoms with E-state index < -0.39 is 0 Å². The Labute approximate surface area is 93.8 Å². The summed E-state index contributed by atoms with van der Waals surface area (Å²) in [5.74, 6) is 0.981. The highest BCUT2D eigenvalue weighted by Crippen LogP contribution is 2.30. The molecule has 3 rings (SSSR count). The third-order valence-electron chi connectivity index (χ3n) is 4.13. The molecule has 3 aliphatic heterocycles. The molecule has 1 unspecified atom stereocenters. The lowest BCUT2D eigenvalue weighted by Crippen LogP contribution is -2.56. The minimum Gasteiger partial charge on any atom is -0.320 e. The van der Waals surface area contributed by atoms with Crippen molar-refractivity contribution in [2.45, 2.75) is 25.3 Å². The zero-order chi connectivity index (χ0) is 10.7. The zero-order valence-electron chi connectivity index (χ0n) is 10.2. The van der Waals surface area contributed by atoms with Crippen LogP contribution in [0.2, 0.25) is 0 Å². The van der Waals surface area contributed by atoms with E-state index >= 15 is 0 Å². The Morgan fingerprint density at radius 1 is 1.33 bits per heavy atom. The van der Waals surface area contributed by atoms with Crippen molar-refractivity contribution < 1.29 is 0 Å². The first-order valence-electron chi connectivity index (χ1n) is 6.38. The molecule has 3 heterocycles. The van der Waals surface area contributed by atoms with E-state index in [9.17, 15) is 0 Å². The summed E-state index contributed by atoms with van der Waals surface area (Å²) >= 11 is 0. The van der Waals surface area contributed by atoms with E-state index in [2.05, 4.69) is 22.2 Å². The van der Waals surface area contributed by atoms with Crippen molar-refractivity contribution >= 4 is 0 Å². The van der Waals surface area contributed by atoms with Crippen LogP contribution in [0, 0.1) is 5.92 Å². The maximum Gasteiger partial charge on any atom is 0.0249 e. The van der Waals surface area contributed by atoms with Gasteiger partial charge in [-0.05, 0) is 65.5 Å². The standard InChI is InChI=1S/C12H25N3/c1-13-6-3-7-14(2)12-10-15-8-4-11(12)5-9-15/h11-13H,3-10H2,1-2H3. The second-order valence-corrected chi connectivity index (χ2v) is 5.14. The van der Waals surface area contributed by atoms with Crippen molar-refractivity contribution in [3.8, 4) is 0 Å². The molecule has 0 aromatic carbocycles. The molecule has 3 heteroatoms. The van der Waals surface area contributed by atoms with E-state index in [1.807, 2.05) is 7.05 Å². The summed E-state index contributed by atoms with van der Waals surface area (Å²) in [5.41, 5.74) is 0. The van der Waals surface area contributed by atoms with Gasteiger partial charge in [0.1, 0.15) is 0 Å². The summed E-state index contributed by atoms with van der Waals surface area (Å²) in [7, 11) is 4.34.